The van der Waals surface area contributed by atoms with Crippen molar-refractivity contribution in [3.8, 4) is 0 Å². The number of hydrogen-bond acceptors (Lipinski definition) is 5. The van der Waals surface area contributed by atoms with Crippen molar-refractivity contribution >= 4 is 35.5 Å². The molecule has 30 heavy (non-hydrogen) atoms. The summed E-state index contributed by atoms with van der Waals surface area (Å²) in [5.41, 5.74) is 0.680. The van der Waals surface area contributed by atoms with Crippen LogP contribution in [0.2, 0.25) is 5.02 Å². The van der Waals surface area contributed by atoms with E-state index in [1.165, 1.54) is 0 Å². The highest BCUT2D eigenvalue weighted by molar-refractivity contribution is 6.31. The minimum Gasteiger partial charge on any atom is -0.450 e. The molecule has 0 bridgehead atoms. The van der Waals surface area contributed by atoms with Gasteiger partial charge in [0.25, 0.3) is 5.91 Å². The molecule has 0 aromatic heterocycles. The molecule has 0 unspecified atom stereocenters. The van der Waals surface area contributed by atoms with Gasteiger partial charge in [-0.15, -0.1) is 0 Å². The van der Waals surface area contributed by atoms with Gasteiger partial charge >= 0.3 is 12.1 Å². The van der Waals surface area contributed by atoms with Crippen molar-refractivity contribution in [2.24, 2.45) is 0 Å². The lowest BCUT2D eigenvalue weighted by atomic mass is 10.1. The Balaban J connectivity index is 1.47. The number of hydrogen-bond donors (Lipinski definition) is 1. The predicted octanol–water partition coefficient (Wildman–Crippen LogP) is 1.84. The molecule has 2 fully saturated rings. The molecule has 1 N–H and O–H groups in total. The Morgan fingerprint density at radius 1 is 1.13 bits per heavy atom. The number of urea groups is 1. The Kier molecular flexibility index (Phi) is 7.15. The minimum absolute atomic E-state index is 0.0879. The number of piperazine rings is 1. The highest BCUT2D eigenvalue weighted by atomic mass is 35.5. The fourth-order valence-corrected chi connectivity index (χ4v) is 3.69. The van der Waals surface area contributed by atoms with E-state index in [2.05, 4.69) is 5.32 Å². The topological polar surface area (TPSA) is 99.3 Å². The zero-order valence-corrected chi connectivity index (χ0v) is 17.6. The number of nitrogens with one attached hydrogen (secondary N) is 1. The van der Waals surface area contributed by atoms with Crippen LogP contribution in [-0.4, -0.2) is 77.5 Å². The summed E-state index contributed by atoms with van der Waals surface area (Å²) in [6.45, 7) is 3.81. The number of carbonyl (C=O) groups excluding carboxylic acids is 4. The van der Waals surface area contributed by atoms with Crippen molar-refractivity contribution in [1.29, 1.82) is 0 Å². The quantitative estimate of drug-likeness (QED) is 0.686. The highest BCUT2D eigenvalue weighted by Crippen LogP contribution is 2.21. The van der Waals surface area contributed by atoms with Crippen molar-refractivity contribution in [2.45, 2.75) is 32.4 Å². The summed E-state index contributed by atoms with van der Waals surface area (Å²) >= 11 is 6.12. The molecule has 2 aliphatic heterocycles. The third kappa shape index (κ3) is 5.02. The van der Waals surface area contributed by atoms with Crippen LogP contribution in [0.5, 0.6) is 0 Å². The van der Waals surface area contributed by atoms with Gasteiger partial charge in [0.15, 0.2) is 0 Å². The number of halogens is 1. The SMILES string of the molecule is CCOC(=O)N1CCN(C(=O)CC[C@H]2NC(=O)N(Cc3ccccc3Cl)C2=O)CC1. The van der Waals surface area contributed by atoms with Crippen LogP contribution >= 0.6 is 11.6 Å². The average Bonchev–Trinajstić information content (AvgIpc) is 3.01. The molecule has 2 aliphatic rings. The van der Waals surface area contributed by atoms with Gasteiger partial charge in [0.1, 0.15) is 6.04 Å². The molecular formula is C20H25ClN4O5. The summed E-state index contributed by atoms with van der Waals surface area (Å²) in [4.78, 5) is 53.4. The summed E-state index contributed by atoms with van der Waals surface area (Å²) in [5, 5.41) is 3.13. The van der Waals surface area contributed by atoms with E-state index in [0.29, 0.717) is 43.4 Å². The minimum atomic E-state index is -0.732. The van der Waals surface area contributed by atoms with Gasteiger partial charge in [-0.3, -0.25) is 14.5 Å². The average molecular weight is 437 g/mol. The Morgan fingerprint density at radius 3 is 2.47 bits per heavy atom. The molecule has 1 aromatic carbocycles. The van der Waals surface area contributed by atoms with Gasteiger partial charge < -0.3 is 19.9 Å². The van der Waals surface area contributed by atoms with Crippen molar-refractivity contribution in [2.75, 3.05) is 32.8 Å². The van der Waals surface area contributed by atoms with E-state index in [9.17, 15) is 19.2 Å². The van der Waals surface area contributed by atoms with Crippen molar-refractivity contribution in [1.82, 2.24) is 20.0 Å². The van der Waals surface area contributed by atoms with Gasteiger partial charge in [0, 0.05) is 37.6 Å². The summed E-state index contributed by atoms with van der Waals surface area (Å²) < 4.78 is 4.97. The number of amides is 5. The van der Waals surface area contributed by atoms with E-state index in [1.807, 2.05) is 0 Å². The maximum Gasteiger partial charge on any atom is 0.409 e. The molecule has 3 rings (SSSR count). The number of ether oxygens (including phenoxy) is 1. The molecule has 0 saturated carbocycles. The van der Waals surface area contributed by atoms with Crippen molar-refractivity contribution in [3.63, 3.8) is 0 Å². The Labute approximate surface area is 179 Å². The normalized spacial score (nSPS) is 19.1. The molecule has 0 radical (unpaired) electrons. The van der Waals surface area contributed by atoms with Crippen LogP contribution in [0.1, 0.15) is 25.3 Å². The summed E-state index contributed by atoms with van der Waals surface area (Å²) in [5.74, 6) is -0.468. The number of benzene rings is 1. The molecule has 2 saturated heterocycles. The molecular weight excluding hydrogens is 412 g/mol. The molecule has 5 amide bonds. The first-order valence-corrected chi connectivity index (χ1v) is 10.3. The van der Waals surface area contributed by atoms with Gasteiger partial charge in [-0.25, -0.2) is 9.59 Å². The lowest BCUT2D eigenvalue weighted by Gasteiger charge is -2.34. The Morgan fingerprint density at radius 2 is 1.80 bits per heavy atom. The molecule has 0 aliphatic carbocycles. The number of carbonyl (C=O) groups is 4. The zero-order chi connectivity index (χ0) is 21.7. The smallest absolute Gasteiger partial charge is 0.409 e. The molecule has 1 aromatic rings. The maximum atomic E-state index is 12.6. The monoisotopic (exact) mass is 436 g/mol. The van der Waals surface area contributed by atoms with Gasteiger partial charge in [-0.1, -0.05) is 29.8 Å². The Hall–Kier alpha value is -2.81. The van der Waals surface area contributed by atoms with E-state index >= 15 is 0 Å². The van der Waals surface area contributed by atoms with Gasteiger partial charge in [-0.05, 0) is 25.0 Å². The number of rotatable bonds is 6. The second-order valence-corrected chi connectivity index (χ2v) is 7.53. The van der Waals surface area contributed by atoms with Crippen molar-refractivity contribution < 1.29 is 23.9 Å². The van der Waals surface area contributed by atoms with Crippen LogP contribution in [-0.2, 0) is 20.9 Å². The van der Waals surface area contributed by atoms with Gasteiger partial charge in [0.05, 0.1) is 13.2 Å². The van der Waals surface area contributed by atoms with E-state index in [4.69, 9.17) is 16.3 Å². The van der Waals surface area contributed by atoms with Gasteiger partial charge in [-0.2, -0.15) is 0 Å². The van der Waals surface area contributed by atoms with Gasteiger partial charge in [0.2, 0.25) is 5.91 Å². The highest BCUT2D eigenvalue weighted by Gasteiger charge is 2.38. The number of nitrogens with zero attached hydrogens (tertiary/aromatic N) is 3. The summed E-state index contributed by atoms with van der Waals surface area (Å²) in [6, 6.07) is 5.81. The molecule has 162 valence electrons. The van der Waals surface area contributed by atoms with E-state index in [-0.39, 0.29) is 37.3 Å². The van der Waals surface area contributed by atoms with E-state index in [1.54, 1.807) is 41.0 Å². The van der Waals surface area contributed by atoms with Crippen LogP contribution in [0.15, 0.2) is 24.3 Å². The third-order valence-corrected chi connectivity index (χ3v) is 5.57. The predicted molar refractivity (Wildman–Crippen MR) is 109 cm³/mol. The largest absolute Gasteiger partial charge is 0.450 e. The second kappa shape index (κ2) is 9.80. The van der Waals surface area contributed by atoms with Crippen molar-refractivity contribution in [3.05, 3.63) is 34.9 Å². The fourth-order valence-electron chi connectivity index (χ4n) is 3.50. The standard InChI is InChI=1S/C20H25ClN4O5/c1-2-30-20(29)24-11-9-23(10-12-24)17(26)8-7-16-18(27)25(19(28)22-16)13-14-5-3-4-6-15(14)21/h3-6,16H,2,7-13H2,1H3,(H,22,28)/t16-/m1/s1. The zero-order valence-electron chi connectivity index (χ0n) is 16.8. The van der Waals surface area contributed by atoms with Crippen LogP contribution in [0.4, 0.5) is 9.59 Å². The van der Waals surface area contributed by atoms with E-state index < -0.39 is 12.1 Å². The summed E-state index contributed by atoms with van der Waals surface area (Å²) in [6.07, 6.45) is -0.0150. The van der Waals surface area contributed by atoms with E-state index in [0.717, 1.165) is 4.90 Å². The first-order chi connectivity index (χ1) is 14.4. The first-order valence-electron chi connectivity index (χ1n) is 9.95. The first kappa shape index (κ1) is 21.9. The molecule has 0 spiro atoms. The van der Waals surface area contributed by atoms with Crippen LogP contribution in [0.25, 0.3) is 0 Å². The maximum absolute atomic E-state index is 12.6. The molecule has 2 heterocycles. The molecule has 10 heteroatoms. The lowest BCUT2D eigenvalue weighted by molar-refractivity contribution is -0.133. The fraction of sp³-hybridized carbons (Fsp3) is 0.500. The lowest BCUT2D eigenvalue weighted by Crippen LogP contribution is -2.50. The summed E-state index contributed by atoms with van der Waals surface area (Å²) in [7, 11) is 0. The molecule has 9 nitrogen and oxygen atoms in total. The van der Waals surface area contributed by atoms with Crippen LogP contribution < -0.4 is 5.32 Å². The second-order valence-electron chi connectivity index (χ2n) is 7.12. The third-order valence-electron chi connectivity index (χ3n) is 5.20. The Bertz CT molecular complexity index is 825. The van der Waals surface area contributed by atoms with Crippen LogP contribution in [0.3, 0.4) is 0 Å². The number of imide groups is 1. The molecule has 1 atom stereocenters. The van der Waals surface area contributed by atoms with Crippen LogP contribution in [0, 0.1) is 0 Å².